The number of rotatable bonds is 5. The highest BCUT2D eigenvalue weighted by Gasteiger charge is 2.04. The van der Waals surface area contributed by atoms with Crippen molar-refractivity contribution in [3.63, 3.8) is 0 Å². The maximum atomic E-state index is 11.3. The number of hydrogen-bond donors (Lipinski definition) is 1. The second kappa shape index (κ2) is 5.91. The third kappa shape index (κ3) is 3.67. The summed E-state index contributed by atoms with van der Waals surface area (Å²) in [7, 11) is -0.898. The largest absolute Gasteiger partial charge is 0.382 e. The smallest absolute Gasteiger partial charge is 0.0498 e. The van der Waals surface area contributed by atoms with E-state index < -0.39 is 10.8 Å². The third-order valence-corrected chi connectivity index (χ3v) is 3.44. The zero-order valence-corrected chi connectivity index (χ0v) is 10.4. The van der Waals surface area contributed by atoms with Crippen LogP contribution in [-0.4, -0.2) is 16.5 Å². The molecule has 0 bridgehead atoms. The fourth-order valence-corrected chi connectivity index (χ4v) is 2.06. The summed E-state index contributed by atoms with van der Waals surface area (Å²) in [5.41, 5.74) is 1.07. The van der Waals surface area contributed by atoms with E-state index in [2.05, 4.69) is 19.2 Å². The lowest BCUT2D eigenvalue weighted by Gasteiger charge is -2.16. The van der Waals surface area contributed by atoms with E-state index in [9.17, 15) is 4.21 Å². The van der Waals surface area contributed by atoms with Gasteiger partial charge in [0.1, 0.15) is 0 Å². The van der Waals surface area contributed by atoms with E-state index in [4.69, 9.17) is 0 Å². The molecule has 3 heteroatoms. The van der Waals surface area contributed by atoms with Crippen molar-refractivity contribution in [3.8, 4) is 0 Å². The van der Waals surface area contributed by atoms with Crippen LogP contribution in [0.25, 0.3) is 0 Å². The predicted molar refractivity (Wildman–Crippen MR) is 66.8 cm³/mol. The first-order chi connectivity index (χ1) is 7.17. The number of nitrogens with one attached hydrogen (secondary N) is 1. The summed E-state index contributed by atoms with van der Waals surface area (Å²) < 4.78 is 11.3. The molecule has 1 unspecified atom stereocenters. The molecule has 0 saturated carbocycles. The zero-order chi connectivity index (χ0) is 11.3. The van der Waals surface area contributed by atoms with E-state index in [1.54, 1.807) is 6.26 Å². The first-order valence-electron chi connectivity index (χ1n) is 5.37. The summed E-state index contributed by atoms with van der Waals surface area (Å²) in [5.74, 6) is 0. The molecule has 0 radical (unpaired) electrons. The minimum atomic E-state index is -0.898. The molecule has 0 aliphatic carbocycles. The molecule has 1 rings (SSSR count). The van der Waals surface area contributed by atoms with Crippen molar-refractivity contribution in [2.45, 2.75) is 37.6 Å². The molecule has 0 saturated heterocycles. The first kappa shape index (κ1) is 12.2. The Hall–Kier alpha value is -0.830. The molecule has 0 aliphatic heterocycles. The molecule has 1 aromatic rings. The van der Waals surface area contributed by atoms with Crippen molar-refractivity contribution in [1.29, 1.82) is 0 Å². The molecule has 1 N–H and O–H groups in total. The van der Waals surface area contributed by atoms with Gasteiger partial charge in [0.05, 0.1) is 0 Å². The van der Waals surface area contributed by atoms with E-state index in [1.807, 2.05) is 24.3 Å². The average Bonchev–Trinajstić information content (AvgIpc) is 2.26. The van der Waals surface area contributed by atoms with Gasteiger partial charge in [-0.2, -0.15) is 0 Å². The number of hydrogen-bond acceptors (Lipinski definition) is 2. The fourth-order valence-electron chi connectivity index (χ4n) is 1.49. The molecule has 1 atom stereocenters. The average molecular weight is 225 g/mol. The van der Waals surface area contributed by atoms with Crippen LogP contribution in [0.4, 0.5) is 5.69 Å². The summed E-state index contributed by atoms with van der Waals surface area (Å²) in [6, 6.07) is 8.34. The van der Waals surface area contributed by atoms with Gasteiger partial charge in [0.2, 0.25) is 0 Å². The van der Waals surface area contributed by atoms with Crippen molar-refractivity contribution in [3.05, 3.63) is 24.3 Å². The Kier molecular flexibility index (Phi) is 4.82. The molecule has 1 aromatic carbocycles. The first-order valence-corrected chi connectivity index (χ1v) is 6.93. The molecule has 0 heterocycles. The molecular formula is C12H19NOS. The lowest BCUT2D eigenvalue weighted by Crippen LogP contribution is -2.16. The summed E-state index contributed by atoms with van der Waals surface area (Å²) >= 11 is 0. The minimum absolute atomic E-state index is 0.505. The van der Waals surface area contributed by atoms with Crippen molar-refractivity contribution >= 4 is 16.5 Å². The number of benzene rings is 1. The van der Waals surface area contributed by atoms with Crippen LogP contribution in [-0.2, 0) is 10.8 Å². The highest BCUT2D eigenvalue weighted by Crippen LogP contribution is 2.15. The van der Waals surface area contributed by atoms with Crippen LogP contribution in [0.1, 0.15) is 26.7 Å². The van der Waals surface area contributed by atoms with Crippen LogP contribution in [0.5, 0.6) is 0 Å². The Balaban J connectivity index is 2.77. The molecule has 0 spiro atoms. The Morgan fingerprint density at radius 2 is 2.00 bits per heavy atom. The summed E-state index contributed by atoms with van der Waals surface area (Å²) in [4.78, 5) is 0.881. The number of anilines is 1. The lowest BCUT2D eigenvalue weighted by molar-refractivity contribution is 0.671. The van der Waals surface area contributed by atoms with Crippen LogP contribution < -0.4 is 5.32 Å². The van der Waals surface area contributed by atoms with Gasteiger partial charge in [-0.3, -0.25) is 4.21 Å². The van der Waals surface area contributed by atoms with Gasteiger partial charge in [0, 0.05) is 33.7 Å². The summed E-state index contributed by atoms with van der Waals surface area (Å²) in [6.45, 7) is 4.34. The molecule has 0 fully saturated rings. The molecule has 0 aromatic heterocycles. The predicted octanol–water partition coefficient (Wildman–Crippen LogP) is 3.02. The SMILES string of the molecule is CCC(CC)Nc1cccc(S(C)=O)c1. The van der Waals surface area contributed by atoms with Gasteiger partial charge >= 0.3 is 0 Å². The fraction of sp³-hybridized carbons (Fsp3) is 0.500. The summed E-state index contributed by atoms with van der Waals surface area (Å²) in [6.07, 6.45) is 3.92. The van der Waals surface area contributed by atoms with Gasteiger partial charge < -0.3 is 5.32 Å². The highest BCUT2D eigenvalue weighted by atomic mass is 32.2. The lowest BCUT2D eigenvalue weighted by atomic mass is 10.1. The Morgan fingerprint density at radius 3 is 2.53 bits per heavy atom. The van der Waals surface area contributed by atoms with E-state index in [1.165, 1.54) is 0 Å². The molecular weight excluding hydrogens is 206 g/mol. The minimum Gasteiger partial charge on any atom is -0.382 e. The third-order valence-electron chi connectivity index (χ3n) is 2.52. The van der Waals surface area contributed by atoms with Gasteiger partial charge in [-0.25, -0.2) is 0 Å². The highest BCUT2D eigenvalue weighted by molar-refractivity contribution is 7.84. The van der Waals surface area contributed by atoms with E-state index >= 15 is 0 Å². The quantitative estimate of drug-likeness (QED) is 0.834. The van der Waals surface area contributed by atoms with E-state index in [-0.39, 0.29) is 0 Å². The maximum Gasteiger partial charge on any atom is 0.0498 e. The standard InChI is InChI=1S/C12H19NOS/c1-4-10(5-2)13-11-7-6-8-12(9-11)15(3)14/h6-10,13H,4-5H2,1-3H3. The van der Waals surface area contributed by atoms with Gasteiger partial charge in [-0.15, -0.1) is 0 Å². The second-order valence-electron chi connectivity index (χ2n) is 3.64. The Labute approximate surface area is 94.5 Å². The molecule has 0 amide bonds. The molecule has 2 nitrogen and oxygen atoms in total. The van der Waals surface area contributed by atoms with Crippen LogP contribution in [0, 0.1) is 0 Å². The Morgan fingerprint density at radius 1 is 1.33 bits per heavy atom. The van der Waals surface area contributed by atoms with Crippen LogP contribution >= 0.6 is 0 Å². The summed E-state index contributed by atoms with van der Waals surface area (Å²) in [5, 5.41) is 3.44. The van der Waals surface area contributed by atoms with Crippen molar-refractivity contribution in [1.82, 2.24) is 0 Å². The van der Waals surface area contributed by atoms with Crippen molar-refractivity contribution in [2.75, 3.05) is 11.6 Å². The Bertz CT molecular complexity index is 334. The zero-order valence-electron chi connectivity index (χ0n) is 9.62. The molecule has 15 heavy (non-hydrogen) atoms. The van der Waals surface area contributed by atoms with Crippen molar-refractivity contribution in [2.24, 2.45) is 0 Å². The van der Waals surface area contributed by atoms with Gasteiger partial charge in [0.25, 0.3) is 0 Å². The van der Waals surface area contributed by atoms with Gasteiger partial charge in [-0.05, 0) is 31.0 Å². The van der Waals surface area contributed by atoms with E-state index in [0.29, 0.717) is 6.04 Å². The monoisotopic (exact) mass is 225 g/mol. The van der Waals surface area contributed by atoms with Crippen molar-refractivity contribution < 1.29 is 4.21 Å². The topological polar surface area (TPSA) is 29.1 Å². The van der Waals surface area contributed by atoms with Crippen LogP contribution in [0.3, 0.4) is 0 Å². The molecule has 0 aliphatic rings. The molecule has 84 valence electrons. The van der Waals surface area contributed by atoms with E-state index in [0.717, 1.165) is 23.4 Å². The van der Waals surface area contributed by atoms with Crippen LogP contribution in [0.2, 0.25) is 0 Å². The van der Waals surface area contributed by atoms with Gasteiger partial charge in [0.15, 0.2) is 0 Å². The maximum absolute atomic E-state index is 11.3. The van der Waals surface area contributed by atoms with Gasteiger partial charge in [-0.1, -0.05) is 19.9 Å². The second-order valence-corrected chi connectivity index (χ2v) is 5.02. The normalized spacial score (nSPS) is 12.8. The van der Waals surface area contributed by atoms with Crippen LogP contribution in [0.15, 0.2) is 29.2 Å².